The van der Waals surface area contributed by atoms with Crippen LogP contribution in [0, 0.1) is 13.0 Å². The van der Waals surface area contributed by atoms with Gasteiger partial charge in [0.1, 0.15) is 0 Å². The standard InChI is InChI=1S/C7H7.C6H16N2.ClH.Zn/c1-7-5-3-2-4-6-7;1-7(2)5-6-8(3)4;;/h2-5H,1H3;5-6H2,1-4H3;1H;/q-1;;;+2/p-1. The zero-order valence-corrected chi connectivity index (χ0v) is 15.4. The van der Waals surface area contributed by atoms with Crippen molar-refractivity contribution in [3.05, 3.63) is 35.9 Å². The van der Waals surface area contributed by atoms with Crippen molar-refractivity contribution in [3.63, 3.8) is 0 Å². The van der Waals surface area contributed by atoms with E-state index in [-0.39, 0.29) is 0 Å². The molecule has 94 valence electrons. The van der Waals surface area contributed by atoms with Crippen molar-refractivity contribution in [2.24, 2.45) is 0 Å². The third kappa shape index (κ3) is 18.6. The zero-order chi connectivity index (χ0) is 13.7. The molecule has 0 bridgehead atoms. The normalized spacial score (nSPS) is 9.29. The van der Waals surface area contributed by atoms with E-state index in [0.717, 1.165) is 30.4 Å². The van der Waals surface area contributed by atoms with Gasteiger partial charge in [0.2, 0.25) is 0 Å². The molecule has 0 radical (unpaired) electrons. The minimum absolute atomic E-state index is 0.847. The van der Waals surface area contributed by atoms with E-state index in [1.807, 2.05) is 31.2 Å². The summed E-state index contributed by atoms with van der Waals surface area (Å²) in [5.41, 5.74) is 1.20. The average molecular weight is 308 g/mol. The first kappa shape index (κ1) is 19.4. The van der Waals surface area contributed by atoms with E-state index in [2.05, 4.69) is 44.1 Å². The molecule has 0 saturated carbocycles. The Morgan fingerprint density at radius 3 is 1.71 bits per heavy atom. The summed E-state index contributed by atoms with van der Waals surface area (Å²) in [5.74, 6) is 0. The molecule has 0 aliphatic rings. The molecular formula is C13H23ClN2Zn. The van der Waals surface area contributed by atoms with Gasteiger partial charge < -0.3 is 9.80 Å². The molecule has 0 spiro atoms. The molecule has 0 unspecified atom stereocenters. The van der Waals surface area contributed by atoms with Gasteiger partial charge >= 0.3 is 27.0 Å². The molecule has 0 N–H and O–H groups in total. The van der Waals surface area contributed by atoms with E-state index in [4.69, 9.17) is 9.69 Å². The molecule has 17 heavy (non-hydrogen) atoms. The van der Waals surface area contributed by atoms with E-state index in [1.165, 1.54) is 5.56 Å². The average Bonchev–Trinajstić information content (AvgIpc) is 2.31. The Kier molecular flexibility index (Phi) is 16.1. The molecule has 0 heterocycles. The summed E-state index contributed by atoms with van der Waals surface area (Å²) in [5, 5.41) is 0. The molecule has 1 rings (SSSR count). The summed E-state index contributed by atoms with van der Waals surface area (Å²) in [6.07, 6.45) is 0. The van der Waals surface area contributed by atoms with E-state index < -0.39 is 0 Å². The van der Waals surface area contributed by atoms with Gasteiger partial charge in [-0.25, -0.2) is 0 Å². The maximum atomic E-state index is 4.76. The Bertz CT molecular complexity index is 232. The van der Waals surface area contributed by atoms with Crippen molar-refractivity contribution in [1.82, 2.24) is 9.80 Å². The summed E-state index contributed by atoms with van der Waals surface area (Å²) in [6, 6.07) is 10.9. The summed E-state index contributed by atoms with van der Waals surface area (Å²) in [4.78, 5) is 4.36. The van der Waals surface area contributed by atoms with Crippen molar-refractivity contribution in [1.29, 1.82) is 0 Å². The number of benzene rings is 1. The second kappa shape index (κ2) is 14.1. The SMILES string of the molecule is CN(C)CCN(C)C.Cc1[c-]cccc1.[Cl][Zn+]. The van der Waals surface area contributed by atoms with E-state index in [0.29, 0.717) is 0 Å². The predicted molar refractivity (Wildman–Crippen MR) is 73.0 cm³/mol. The Hall–Kier alpha value is 0.0534. The number of likely N-dealkylation sites (N-methyl/N-ethyl adjacent to an activating group) is 2. The van der Waals surface area contributed by atoms with Gasteiger partial charge in [-0.05, 0) is 28.2 Å². The number of hydrogen-bond donors (Lipinski definition) is 0. The van der Waals surface area contributed by atoms with E-state index >= 15 is 0 Å². The van der Waals surface area contributed by atoms with Gasteiger partial charge in [0, 0.05) is 13.1 Å². The van der Waals surface area contributed by atoms with Crippen molar-refractivity contribution in [2.75, 3.05) is 41.3 Å². The van der Waals surface area contributed by atoms with E-state index in [1.54, 1.807) is 0 Å². The summed E-state index contributed by atoms with van der Waals surface area (Å²) < 4.78 is 0. The molecule has 0 aliphatic carbocycles. The Labute approximate surface area is 121 Å². The van der Waals surface area contributed by atoms with Gasteiger partial charge in [-0.1, -0.05) is 6.92 Å². The van der Waals surface area contributed by atoms with Gasteiger partial charge in [-0.2, -0.15) is 35.9 Å². The number of hydrogen-bond acceptors (Lipinski definition) is 2. The van der Waals surface area contributed by atoms with Crippen molar-refractivity contribution in [2.45, 2.75) is 6.92 Å². The van der Waals surface area contributed by atoms with Crippen molar-refractivity contribution >= 4 is 9.69 Å². The molecule has 4 heteroatoms. The van der Waals surface area contributed by atoms with Gasteiger partial charge in [0.25, 0.3) is 0 Å². The molecule has 0 aliphatic heterocycles. The Morgan fingerprint density at radius 2 is 1.53 bits per heavy atom. The molecule has 0 aromatic heterocycles. The molecule has 0 saturated heterocycles. The molecule has 2 nitrogen and oxygen atoms in total. The molecule has 0 fully saturated rings. The van der Waals surface area contributed by atoms with Gasteiger partial charge in [-0.3, -0.25) is 0 Å². The van der Waals surface area contributed by atoms with Crippen LogP contribution in [0.3, 0.4) is 0 Å². The predicted octanol–water partition coefficient (Wildman–Crippen LogP) is 2.59. The Balaban J connectivity index is 0. The molecule has 1 aromatic rings. The van der Waals surface area contributed by atoms with Crippen LogP contribution in [-0.4, -0.2) is 51.1 Å². The number of nitrogens with zero attached hydrogens (tertiary/aromatic N) is 2. The monoisotopic (exact) mass is 306 g/mol. The van der Waals surface area contributed by atoms with Crippen molar-refractivity contribution in [3.8, 4) is 0 Å². The molecule has 0 atom stereocenters. The fourth-order valence-corrected chi connectivity index (χ4v) is 0.883. The fraction of sp³-hybridized carbons (Fsp3) is 0.538. The first-order valence-corrected chi connectivity index (χ1v) is 9.41. The molecular weight excluding hydrogens is 285 g/mol. The molecule has 0 amide bonds. The van der Waals surface area contributed by atoms with Crippen LogP contribution in [0.15, 0.2) is 24.3 Å². The van der Waals surface area contributed by atoms with Crippen LogP contribution in [-0.2, 0) is 17.3 Å². The van der Waals surface area contributed by atoms with Crippen LogP contribution in [0.4, 0.5) is 0 Å². The second-order valence-corrected chi connectivity index (χ2v) is 4.15. The van der Waals surface area contributed by atoms with Crippen LogP contribution in [0.25, 0.3) is 0 Å². The van der Waals surface area contributed by atoms with Crippen LogP contribution >= 0.6 is 9.69 Å². The number of rotatable bonds is 3. The summed E-state index contributed by atoms with van der Waals surface area (Å²) >= 11 is 0.847. The minimum atomic E-state index is 0.847. The van der Waals surface area contributed by atoms with Crippen LogP contribution in [0.1, 0.15) is 5.56 Å². The number of aryl methyl sites for hydroxylation is 1. The number of halogens is 1. The third-order valence-corrected chi connectivity index (χ3v) is 1.86. The second-order valence-electron chi connectivity index (χ2n) is 4.15. The van der Waals surface area contributed by atoms with E-state index in [9.17, 15) is 0 Å². The first-order chi connectivity index (χ1) is 8.02. The van der Waals surface area contributed by atoms with Gasteiger partial charge in [0.15, 0.2) is 0 Å². The summed E-state index contributed by atoms with van der Waals surface area (Å²) in [7, 11) is 13.1. The zero-order valence-electron chi connectivity index (χ0n) is 11.7. The molecule has 1 aromatic carbocycles. The van der Waals surface area contributed by atoms with Crippen LogP contribution in [0.2, 0.25) is 0 Å². The van der Waals surface area contributed by atoms with Gasteiger partial charge in [-0.15, -0.1) is 0 Å². The van der Waals surface area contributed by atoms with Gasteiger partial charge in [0.05, 0.1) is 0 Å². The van der Waals surface area contributed by atoms with Crippen LogP contribution in [0.5, 0.6) is 0 Å². The van der Waals surface area contributed by atoms with Crippen LogP contribution < -0.4 is 0 Å². The van der Waals surface area contributed by atoms with Crippen molar-refractivity contribution < 1.29 is 17.3 Å². The topological polar surface area (TPSA) is 6.48 Å². The Morgan fingerprint density at radius 1 is 1.06 bits per heavy atom. The fourth-order valence-electron chi connectivity index (χ4n) is 0.883. The summed E-state index contributed by atoms with van der Waals surface area (Å²) in [6.45, 7) is 4.32. The maximum absolute atomic E-state index is 4.76. The first-order valence-electron chi connectivity index (χ1n) is 5.52. The quantitative estimate of drug-likeness (QED) is 0.625. The third-order valence-electron chi connectivity index (χ3n) is 1.86.